The molecule has 0 fully saturated rings. The van der Waals surface area contributed by atoms with Crippen molar-refractivity contribution in [3.05, 3.63) is 0 Å². The molecule has 15 heavy (non-hydrogen) atoms. The van der Waals surface area contributed by atoms with E-state index in [0.29, 0.717) is 6.42 Å². The molecule has 0 aliphatic carbocycles. The molecule has 0 aliphatic rings. The summed E-state index contributed by atoms with van der Waals surface area (Å²) in [6, 6.07) is 0. The largest absolute Gasteiger partial charge is 0.389 e. The predicted molar refractivity (Wildman–Crippen MR) is 47.7 cm³/mol. The third kappa shape index (κ3) is 11.1. The Hall–Kier alpha value is -0.820. The highest BCUT2D eigenvalue weighted by Gasteiger charge is 2.25. The second-order valence-electron chi connectivity index (χ2n) is 3.00. The molecule has 0 unspecified atom stereocenters. The average molecular weight is 228 g/mol. The van der Waals surface area contributed by atoms with Gasteiger partial charge in [-0.15, -0.1) is 0 Å². The molecular weight excluding hydrogens is 213 g/mol. The zero-order valence-electron chi connectivity index (χ0n) is 8.27. The smallest absolute Gasteiger partial charge is 0.381 e. The van der Waals surface area contributed by atoms with Crippen molar-refractivity contribution < 1.29 is 22.7 Å². The number of nitrogens with two attached hydrogens (primary N) is 1. The molecule has 0 atom stereocenters. The van der Waals surface area contributed by atoms with Crippen LogP contribution in [0.5, 0.6) is 0 Å². The van der Waals surface area contributed by atoms with E-state index in [9.17, 15) is 18.0 Å². The maximum absolute atomic E-state index is 11.7. The van der Waals surface area contributed by atoms with Crippen LogP contribution in [0.3, 0.4) is 0 Å². The molecule has 0 rings (SSSR count). The van der Waals surface area contributed by atoms with Crippen LogP contribution in [0.4, 0.5) is 13.2 Å². The van der Waals surface area contributed by atoms with Crippen molar-refractivity contribution in [3.63, 3.8) is 0 Å². The van der Waals surface area contributed by atoms with E-state index in [0.717, 1.165) is 0 Å². The number of hydrazine groups is 1. The van der Waals surface area contributed by atoms with E-state index in [-0.39, 0.29) is 32.0 Å². The van der Waals surface area contributed by atoms with Gasteiger partial charge < -0.3 is 4.74 Å². The lowest BCUT2D eigenvalue weighted by molar-refractivity contribution is -0.137. The summed E-state index contributed by atoms with van der Waals surface area (Å²) >= 11 is 0. The molecule has 0 aromatic rings. The lowest BCUT2D eigenvalue weighted by atomic mass is 10.3. The minimum absolute atomic E-state index is 0.0490. The molecule has 0 bridgehead atoms. The van der Waals surface area contributed by atoms with Gasteiger partial charge in [0.15, 0.2) is 0 Å². The number of amides is 1. The summed E-state index contributed by atoms with van der Waals surface area (Å²) in [6.45, 7) is 0.328. The Labute approximate surface area is 85.9 Å². The first-order valence-corrected chi connectivity index (χ1v) is 4.59. The van der Waals surface area contributed by atoms with Crippen molar-refractivity contribution in [2.75, 3.05) is 13.2 Å². The second-order valence-corrected chi connectivity index (χ2v) is 3.00. The van der Waals surface area contributed by atoms with Crippen molar-refractivity contribution in [2.45, 2.75) is 31.9 Å². The van der Waals surface area contributed by atoms with Gasteiger partial charge in [0.25, 0.3) is 0 Å². The maximum atomic E-state index is 11.7. The summed E-state index contributed by atoms with van der Waals surface area (Å²) in [5, 5.41) is 0. The SMILES string of the molecule is NNC(=O)CCCOCCCC(F)(F)F. The number of carbonyl (C=O) groups is 1. The van der Waals surface area contributed by atoms with Crippen LogP contribution in [0.2, 0.25) is 0 Å². The van der Waals surface area contributed by atoms with Crippen LogP contribution in [0.15, 0.2) is 0 Å². The normalized spacial score (nSPS) is 11.5. The molecule has 90 valence electrons. The van der Waals surface area contributed by atoms with Crippen molar-refractivity contribution in [3.8, 4) is 0 Å². The summed E-state index contributed by atoms with van der Waals surface area (Å²) in [7, 11) is 0. The molecular formula is C8H15F3N2O2. The minimum atomic E-state index is -4.12. The molecule has 4 nitrogen and oxygen atoms in total. The van der Waals surface area contributed by atoms with Crippen LogP contribution in [0.25, 0.3) is 0 Å². The lowest BCUT2D eigenvalue weighted by Gasteiger charge is -2.06. The molecule has 7 heteroatoms. The zero-order valence-corrected chi connectivity index (χ0v) is 8.27. The Balaban J connectivity index is 3.16. The monoisotopic (exact) mass is 228 g/mol. The number of alkyl halides is 3. The summed E-state index contributed by atoms with van der Waals surface area (Å²) in [5.74, 6) is 4.51. The van der Waals surface area contributed by atoms with Crippen LogP contribution in [0.1, 0.15) is 25.7 Å². The standard InChI is InChI=1S/C8H15F3N2O2/c9-8(10,11)4-2-6-15-5-1-3-7(14)13-12/h1-6,12H2,(H,13,14). The van der Waals surface area contributed by atoms with E-state index in [2.05, 4.69) is 0 Å². The Morgan fingerprint density at radius 1 is 1.27 bits per heavy atom. The van der Waals surface area contributed by atoms with Gasteiger partial charge >= 0.3 is 6.18 Å². The number of hydrogen-bond donors (Lipinski definition) is 2. The van der Waals surface area contributed by atoms with Gasteiger partial charge in [-0.3, -0.25) is 10.2 Å². The number of nitrogens with one attached hydrogen (secondary N) is 1. The Morgan fingerprint density at radius 2 is 1.87 bits per heavy atom. The molecule has 0 aliphatic heterocycles. The fraction of sp³-hybridized carbons (Fsp3) is 0.875. The van der Waals surface area contributed by atoms with Gasteiger partial charge in [0.1, 0.15) is 0 Å². The highest BCUT2D eigenvalue weighted by atomic mass is 19.4. The van der Waals surface area contributed by atoms with E-state index in [1.54, 1.807) is 0 Å². The summed E-state index contributed by atoms with van der Waals surface area (Å²) in [4.78, 5) is 10.6. The van der Waals surface area contributed by atoms with Gasteiger partial charge in [-0.05, 0) is 12.8 Å². The van der Waals surface area contributed by atoms with Crippen LogP contribution in [-0.2, 0) is 9.53 Å². The van der Waals surface area contributed by atoms with Crippen LogP contribution in [-0.4, -0.2) is 25.3 Å². The quantitative estimate of drug-likeness (QED) is 0.297. The Kier molecular flexibility index (Phi) is 7.06. The van der Waals surface area contributed by atoms with Gasteiger partial charge in [-0.2, -0.15) is 13.2 Å². The van der Waals surface area contributed by atoms with E-state index in [1.807, 2.05) is 5.43 Å². The number of rotatable bonds is 7. The lowest BCUT2D eigenvalue weighted by Crippen LogP contribution is -2.29. The van der Waals surface area contributed by atoms with Gasteiger partial charge in [0.2, 0.25) is 5.91 Å². The summed E-state index contributed by atoms with van der Waals surface area (Å²) in [6.07, 6.45) is -4.34. The van der Waals surface area contributed by atoms with E-state index in [1.165, 1.54) is 0 Å². The fourth-order valence-corrected chi connectivity index (χ4v) is 0.884. The van der Waals surface area contributed by atoms with Crippen molar-refractivity contribution in [1.82, 2.24) is 5.43 Å². The van der Waals surface area contributed by atoms with Crippen molar-refractivity contribution in [1.29, 1.82) is 0 Å². The summed E-state index contributed by atoms with van der Waals surface area (Å²) < 4.78 is 39.9. The molecule has 0 saturated carbocycles. The van der Waals surface area contributed by atoms with Gasteiger partial charge in [0.05, 0.1) is 0 Å². The zero-order chi connectivity index (χ0) is 11.7. The third-order valence-corrected chi connectivity index (χ3v) is 1.60. The second kappa shape index (κ2) is 7.47. The van der Waals surface area contributed by atoms with E-state index < -0.39 is 12.6 Å². The van der Waals surface area contributed by atoms with Gasteiger partial charge in [-0.25, -0.2) is 5.84 Å². The molecule has 0 spiro atoms. The molecule has 0 radical (unpaired) electrons. The summed E-state index contributed by atoms with van der Waals surface area (Å²) in [5.41, 5.74) is 1.94. The van der Waals surface area contributed by atoms with E-state index in [4.69, 9.17) is 10.6 Å². The first-order valence-electron chi connectivity index (χ1n) is 4.59. The Morgan fingerprint density at radius 3 is 2.40 bits per heavy atom. The van der Waals surface area contributed by atoms with Gasteiger partial charge in [0, 0.05) is 26.1 Å². The molecule has 1 amide bonds. The first-order chi connectivity index (χ1) is 6.95. The number of halogens is 3. The maximum Gasteiger partial charge on any atom is 0.389 e. The predicted octanol–water partition coefficient (Wildman–Crippen LogP) is 1.12. The average Bonchev–Trinajstić information content (AvgIpc) is 2.14. The molecule has 3 N–H and O–H groups in total. The Bertz CT molecular complexity index is 185. The highest BCUT2D eigenvalue weighted by Crippen LogP contribution is 2.20. The highest BCUT2D eigenvalue weighted by molar-refractivity contribution is 5.75. The van der Waals surface area contributed by atoms with Crippen molar-refractivity contribution in [2.24, 2.45) is 5.84 Å². The minimum Gasteiger partial charge on any atom is -0.381 e. The van der Waals surface area contributed by atoms with Gasteiger partial charge in [-0.1, -0.05) is 0 Å². The van der Waals surface area contributed by atoms with E-state index >= 15 is 0 Å². The fourth-order valence-electron chi connectivity index (χ4n) is 0.884. The molecule has 0 aromatic heterocycles. The first kappa shape index (κ1) is 14.2. The third-order valence-electron chi connectivity index (χ3n) is 1.60. The van der Waals surface area contributed by atoms with Crippen molar-refractivity contribution >= 4 is 5.91 Å². The molecule has 0 aromatic carbocycles. The van der Waals surface area contributed by atoms with Crippen LogP contribution in [0, 0.1) is 0 Å². The van der Waals surface area contributed by atoms with Crippen LogP contribution >= 0.6 is 0 Å². The molecule has 0 heterocycles. The topological polar surface area (TPSA) is 64.3 Å². The number of ether oxygens (including phenoxy) is 1. The number of carbonyl (C=O) groups excluding carboxylic acids is 1. The molecule has 0 saturated heterocycles. The van der Waals surface area contributed by atoms with Crippen LogP contribution < -0.4 is 11.3 Å². The number of hydrogen-bond acceptors (Lipinski definition) is 3.